The van der Waals surface area contributed by atoms with E-state index in [-0.39, 0.29) is 24.5 Å². The van der Waals surface area contributed by atoms with Crippen molar-refractivity contribution < 1.29 is 14.7 Å². The van der Waals surface area contributed by atoms with Crippen LogP contribution in [0.3, 0.4) is 0 Å². The van der Waals surface area contributed by atoms with Crippen molar-refractivity contribution in [2.24, 2.45) is 0 Å². The highest BCUT2D eigenvalue weighted by Crippen LogP contribution is 2.22. The molecule has 0 radical (unpaired) electrons. The van der Waals surface area contributed by atoms with Gasteiger partial charge in [0.1, 0.15) is 6.04 Å². The Labute approximate surface area is 122 Å². The Bertz CT molecular complexity index is 461. The maximum atomic E-state index is 12.4. The van der Waals surface area contributed by atoms with Gasteiger partial charge in [-0.1, -0.05) is 6.07 Å². The Morgan fingerprint density at radius 2 is 2.35 bits per heavy atom. The van der Waals surface area contributed by atoms with E-state index >= 15 is 0 Å². The Morgan fingerprint density at radius 3 is 3.00 bits per heavy atom. The van der Waals surface area contributed by atoms with Gasteiger partial charge in [-0.25, -0.2) is 0 Å². The van der Waals surface area contributed by atoms with Crippen LogP contribution in [0.4, 0.5) is 0 Å². The van der Waals surface area contributed by atoms with E-state index in [4.69, 9.17) is 5.11 Å². The zero-order valence-electron chi connectivity index (χ0n) is 11.5. The second-order valence-corrected chi connectivity index (χ2v) is 6.03. The van der Waals surface area contributed by atoms with Crippen molar-refractivity contribution in [3.8, 4) is 0 Å². The van der Waals surface area contributed by atoms with E-state index < -0.39 is 6.04 Å². The number of aliphatic hydroxyl groups excluding tert-OH is 1. The molecule has 2 amide bonds. The molecule has 2 unspecified atom stereocenters. The van der Waals surface area contributed by atoms with Crippen LogP contribution in [0.5, 0.6) is 0 Å². The number of likely N-dealkylation sites (tertiary alicyclic amines) is 1. The first-order valence-corrected chi connectivity index (χ1v) is 7.77. The number of hydrogen-bond acceptors (Lipinski definition) is 4. The summed E-state index contributed by atoms with van der Waals surface area (Å²) in [7, 11) is 0. The predicted octanol–water partition coefficient (Wildman–Crippen LogP) is 1.24. The van der Waals surface area contributed by atoms with Crippen LogP contribution >= 0.6 is 11.3 Å². The lowest BCUT2D eigenvalue weighted by atomic mass is 10.0. The first kappa shape index (κ1) is 15.0. The maximum Gasteiger partial charge on any atom is 0.264 e. The van der Waals surface area contributed by atoms with Crippen LogP contribution in [-0.2, 0) is 4.79 Å². The molecule has 5 nitrogen and oxygen atoms in total. The summed E-state index contributed by atoms with van der Waals surface area (Å²) >= 11 is 1.39. The first-order chi connectivity index (χ1) is 9.63. The third kappa shape index (κ3) is 3.37. The molecule has 20 heavy (non-hydrogen) atoms. The van der Waals surface area contributed by atoms with E-state index in [0.717, 1.165) is 12.8 Å². The number of carbonyl (C=O) groups is 2. The first-order valence-electron chi connectivity index (χ1n) is 6.89. The maximum absolute atomic E-state index is 12.4. The van der Waals surface area contributed by atoms with E-state index in [1.165, 1.54) is 11.3 Å². The third-order valence-corrected chi connectivity index (χ3v) is 4.32. The zero-order valence-corrected chi connectivity index (χ0v) is 12.4. The summed E-state index contributed by atoms with van der Waals surface area (Å²) in [6.07, 6.45) is 2.55. The number of aliphatic hydroxyl groups is 1. The number of piperidine rings is 1. The Kier molecular flexibility index (Phi) is 5.14. The number of thiophene rings is 1. The van der Waals surface area contributed by atoms with E-state index in [1.54, 1.807) is 17.9 Å². The molecule has 1 saturated heterocycles. The van der Waals surface area contributed by atoms with Crippen molar-refractivity contribution >= 4 is 23.2 Å². The molecule has 2 rings (SSSR count). The largest absolute Gasteiger partial charge is 0.394 e. The second-order valence-electron chi connectivity index (χ2n) is 5.08. The number of carbonyl (C=O) groups excluding carboxylic acids is 2. The molecule has 0 bridgehead atoms. The van der Waals surface area contributed by atoms with Gasteiger partial charge in [0.15, 0.2) is 0 Å². The molecule has 1 aliphatic heterocycles. The number of nitrogens with zero attached hydrogens (tertiary/aromatic N) is 1. The summed E-state index contributed by atoms with van der Waals surface area (Å²) in [5, 5.41) is 13.6. The van der Waals surface area contributed by atoms with Crippen molar-refractivity contribution in [3.05, 3.63) is 22.4 Å². The minimum absolute atomic E-state index is 0.0727. The van der Waals surface area contributed by atoms with Crippen LogP contribution in [0.2, 0.25) is 0 Å². The van der Waals surface area contributed by atoms with Crippen molar-refractivity contribution in [2.75, 3.05) is 13.2 Å². The highest BCUT2D eigenvalue weighted by molar-refractivity contribution is 7.12. The minimum atomic E-state index is -0.424. The van der Waals surface area contributed by atoms with Crippen LogP contribution in [0.25, 0.3) is 0 Å². The summed E-state index contributed by atoms with van der Waals surface area (Å²) < 4.78 is 0. The molecular formula is C14H20N2O3S. The number of hydrogen-bond donors (Lipinski definition) is 2. The van der Waals surface area contributed by atoms with Gasteiger partial charge in [-0.15, -0.1) is 11.3 Å². The molecule has 6 heteroatoms. The lowest BCUT2D eigenvalue weighted by molar-refractivity contribution is -0.127. The average molecular weight is 296 g/mol. The molecule has 0 saturated carbocycles. The summed E-state index contributed by atoms with van der Waals surface area (Å²) in [4.78, 5) is 27.0. The summed E-state index contributed by atoms with van der Waals surface area (Å²) in [5.41, 5.74) is 0. The summed E-state index contributed by atoms with van der Waals surface area (Å²) in [6, 6.07) is 2.91. The summed E-state index contributed by atoms with van der Waals surface area (Å²) in [6.45, 7) is 2.26. The van der Waals surface area contributed by atoms with Crippen LogP contribution < -0.4 is 5.32 Å². The van der Waals surface area contributed by atoms with E-state index in [0.29, 0.717) is 17.8 Å². The van der Waals surface area contributed by atoms with Gasteiger partial charge < -0.3 is 15.3 Å². The molecule has 2 atom stereocenters. The highest BCUT2D eigenvalue weighted by atomic mass is 32.1. The SMILES string of the molecule is CC(CO)NC(=O)C1CCCCN1C(=O)c1cccs1. The molecule has 2 N–H and O–H groups in total. The average Bonchev–Trinajstić information content (AvgIpc) is 3.00. The fourth-order valence-electron chi connectivity index (χ4n) is 2.37. The lowest BCUT2D eigenvalue weighted by Crippen LogP contribution is -2.53. The van der Waals surface area contributed by atoms with Crippen LogP contribution in [0.15, 0.2) is 17.5 Å². The molecular weight excluding hydrogens is 276 g/mol. The Balaban J connectivity index is 2.09. The van der Waals surface area contributed by atoms with Gasteiger partial charge in [-0.05, 0) is 37.6 Å². The van der Waals surface area contributed by atoms with E-state index in [1.807, 2.05) is 11.4 Å². The fraction of sp³-hybridized carbons (Fsp3) is 0.571. The molecule has 110 valence electrons. The van der Waals surface area contributed by atoms with Crippen molar-refractivity contribution in [1.82, 2.24) is 10.2 Å². The number of amides is 2. The zero-order chi connectivity index (χ0) is 14.5. The van der Waals surface area contributed by atoms with Crippen LogP contribution in [0, 0.1) is 0 Å². The van der Waals surface area contributed by atoms with Gasteiger partial charge in [0.25, 0.3) is 5.91 Å². The monoisotopic (exact) mass is 296 g/mol. The quantitative estimate of drug-likeness (QED) is 0.878. The number of nitrogens with one attached hydrogen (secondary N) is 1. The number of rotatable bonds is 4. The van der Waals surface area contributed by atoms with Gasteiger partial charge in [0.05, 0.1) is 11.5 Å². The fourth-order valence-corrected chi connectivity index (χ4v) is 3.05. The van der Waals surface area contributed by atoms with Gasteiger partial charge in [-0.2, -0.15) is 0 Å². The molecule has 0 aliphatic carbocycles. The molecule has 0 spiro atoms. The normalized spacial score (nSPS) is 20.5. The van der Waals surface area contributed by atoms with Crippen molar-refractivity contribution in [1.29, 1.82) is 0 Å². The standard InChI is InChI=1S/C14H20N2O3S/c1-10(9-17)15-13(18)11-5-2-3-7-16(11)14(19)12-6-4-8-20-12/h4,6,8,10-11,17H,2-3,5,7,9H2,1H3,(H,15,18). The van der Waals surface area contributed by atoms with Crippen LogP contribution in [0.1, 0.15) is 35.9 Å². The summed E-state index contributed by atoms with van der Waals surface area (Å²) in [5.74, 6) is -0.243. The van der Waals surface area contributed by atoms with E-state index in [9.17, 15) is 9.59 Å². The van der Waals surface area contributed by atoms with E-state index in [2.05, 4.69) is 5.32 Å². The van der Waals surface area contributed by atoms with Gasteiger partial charge in [-0.3, -0.25) is 9.59 Å². The Morgan fingerprint density at radius 1 is 1.55 bits per heavy atom. The second kappa shape index (κ2) is 6.85. The van der Waals surface area contributed by atoms with Gasteiger partial charge >= 0.3 is 0 Å². The topological polar surface area (TPSA) is 69.6 Å². The van der Waals surface area contributed by atoms with Gasteiger partial charge in [0, 0.05) is 12.6 Å². The molecule has 0 aromatic carbocycles. The van der Waals surface area contributed by atoms with Gasteiger partial charge in [0.2, 0.25) is 5.91 Å². The molecule has 1 fully saturated rings. The van der Waals surface area contributed by atoms with Crippen molar-refractivity contribution in [2.45, 2.75) is 38.3 Å². The molecule has 2 heterocycles. The highest BCUT2D eigenvalue weighted by Gasteiger charge is 2.33. The van der Waals surface area contributed by atoms with Crippen molar-refractivity contribution in [3.63, 3.8) is 0 Å². The molecule has 1 aromatic heterocycles. The predicted molar refractivity (Wildman–Crippen MR) is 77.7 cm³/mol. The molecule has 1 aliphatic rings. The lowest BCUT2D eigenvalue weighted by Gasteiger charge is -2.35. The Hall–Kier alpha value is -1.40. The minimum Gasteiger partial charge on any atom is -0.394 e. The third-order valence-electron chi connectivity index (χ3n) is 3.46. The van der Waals surface area contributed by atoms with Crippen LogP contribution in [-0.4, -0.2) is 47.1 Å². The smallest absolute Gasteiger partial charge is 0.264 e. The molecule has 1 aromatic rings.